The highest BCUT2D eigenvalue weighted by Gasteiger charge is 2.14. The van der Waals surface area contributed by atoms with Crippen LogP contribution in [-0.2, 0) is 4.79 Å². The van der Waals surface area contributed by atoms with Gasteiger partial charge in [0.05, 0.1) is 5.52 Å². The van der Waals surface area contributed by atoms with Crippen LogP contribution < -0.4 is 4.90 Å². The molecule has 6 heteroatoms. The van der Waals surface area contributed by atoms with E-state index in [2.05, 4.69) is 9.97 Å². The first-order valence-corrected chi connectivity index (χ1v) is 6.39. The maximum Gasteiger partial charge on any atom is 0.323 e. The van der Waals surface area contributed by atoms with Crippen LogP contribution in [0.2, 0.25) is 0 Å². The Balaban J connectivity index is 2.26. The van der Waals surface area contributed by atoms with Gasteiger partial charge in [0.2, 0.25) is 5.95 Å². The molecule has 20 heavy (non-hydrogen) atoms. The molecule has 1 N–H and O–H groups in total. The fourth-order valence-corrected chi connectivity index (χ4v) is 1.85. The Bertz CT molecular complexity index is 600. The Morgan fingerprint density at radius 1 is 1.25 bits per heavy atom. The Morgan fingerprint density at radius 2 is 2.00 bits per heavy atom. The van der Waals surface area contributed by atoms with Crippen LogP contribution in [0.3, 0.4) is 0 Å². The van der Waals surface area contributed by atoms with Gasteiger partial charge in [0, 0.05) is 24.7 Å². The largest absolute Gasteiger partial charge is 0.480 e. The van der Waals surface area contributed by atoms with E-state index < -0.39 is 5.97 Å². The van der Waals surface area contributed by atoms with Gasteiger partial charge in [-0.1, -0.05) is 18.2 Å². The molecule has 0 aliphatic carbocycles. The molecule has 0 unspecified atom stereocenters. The topological polar surface area (TPSA) is 69.6 Å². The number of hydrogen-bond acceptors (Lipinski definition) is 5. The van der Waals surface area contributed by atoms with Gasteiger partial charge in [-0.05, 0) is 20.2 Å². The van der Waals surface area contributed by atoms with Gasteiger partial charge in [0.25, 0.3) is 0 Å². The average Bonchev–Trinajstić information content (AvgIpc) is 2.42. The second kappa shape index (κ2) is 6.29. The third-order valence-corrected chi connectivity index (χ3v) is 2.90. The first-order valence-electron chi connectivity index (χ1n) is 6.39. The van der Waals surface area contributed by atoms with Crippen molar-refractivity contribution < 1.29 is 9.90 Å². The number of carboxylic acid groups (broad SMARTS) is 1. The standard InChI is InChI=1S/C14H18N4O2/c1-17(2)7-8-18(10-13(19)20)14-15-9-11-5-3-4-6-12(11)16-14/h3-6,9H,7-8,10H2,1-2H3,(H,19,20). The summed E-state index contributed by atoms with van der Waals surface area (Å²) in [6, 6.07) is 7.65. The first-order chi connectivity index (χ1) is 9.56. The molecule has 106 valence electrons. The summed E-state index contributed by atoms with van der Waals surface area (Å²) < 4.78 is 0. The minimum atomic E-state index is -0.888. The molecule has 2 rings (SSSR count). The number of rotatable bonds is 6. The fraction of sp³-hybridized carbons (Fsp3) is 0.357. The molecule has 0 saturated carbocycles. The molecule has 2 aromatic rings. The van der Waals surface area contributed by atoms with Gasteiger partial charge in [0.15, 0.2) is 0 Å². The van der Waals surface area contributed by atoms with Gasteiger partial charge in [-0.3, -0.25) is 4.79 Å². The lowest BCUT2D eigenvalue weighted by molar-refractivity contribution is -0.135. The monoisotopic (exact) mass is 274 g/mol. The molecule has 0 aliphatic rings. The van der Waals surface area contributed by atoms with Crippen molar-refractivity contribution in [1.29, 1.82) is 0 Å². The second-order valence-electron chi connectivity index (χ2n) is 4.85. The van der Waals surface area contributed by atoms with Crippen molar-refractivity contribution in [2.45, 2.75) is 0 Å². The van der Waals surface area contributed by atoms with Gasteiger partial charge in [0.1, 0.15) is 6.54 Å². The Hall–Kier alpha value is -2.21. The van der Waals surface area contributed by atoms with E-state index >= 15 is 0 Å². The number of fused-ring (bicyclic) bond motifs is 1. The molecule has 0 radical (unpaired) electrons. The van der Waals surface area contributed by atoms with E-state index in [9.17, 15) is 4.79 Å². The molecule has 1 heterocycles. The van der Waals surface area contributed by atoms with Crippen LogP contribution in [0.1, 0.15) is 0 Å². The molecular formula is C14H18N4O2. The number of aromatic nitrogens is 2. The van der Waals surface area contributed by atoms with E-state index in [4.69, 9.17) is 5.11 Å². The number of hydrogen-bond donors (Lipinski definition) is 1. The predicted octanol–water partition coefficient (Wildman–Crippen LogP) is 1.08. The highest BCUT2D eigenvalue weighted by Crippen LogP contribution is 2.14. The maximum atomic E-state index is 11.0. The number of carboxylic acids is 1. The Morgan fingerprint density at radius 3 is 2.70 bits per heavy atom. The molecule has 1 aromatic heterocycles. The SMILES string of the molecule is CN(C)CCN(CC(=O)O)c1ncc2ccccc2n1. The summed E-state index contributed by atoms with van der Waals surface area (Å²) >= 11 is 0. The summed E-state index contributed by atoms with van der Waals surface area (Å²) in [7, 11) is 3.89. The minimum Gasteiger partial charge on any atom is -0.480 e. The van der Waals surface area contributed by atoms with Crippen LogP contribution in [0, 0.1) is 0 Å². The molecule has 6 nitrogen and oxygen atoms in total. The lowest BCUT2D eigenvalue weighted by Crippen LogP contribution is -2.36. The second-order valence-corrected chi connectivity index (χ2v) is 4.85. The number of likely N-dealkylation sites (N-methyl/N-ethyl adjacent to an activating group) is 1. The van der Waals surface area contributed by atoms with E-state index in [0.717, 1.165) is 17.4 Å². The number of benzene rings is 1. The number of carbonyl (C=O) groups is 1. The van der Waals surface area contributed by atoms with Gasteiger partial charge in [-0.2, -0.15) is 0 Å². The summed E-state index contributed by atoms with van der Waals surface area (Å²) in [6.07, 6.45) is 1.72. The first kappa shape index (κ1) is 14.2. The van der Waals surface area contributed by atoms with Crippen LogP contribution in [0.5, 0.6) is 0 Å². The summed E-state index contributed by atoms with van der Waals surface area (Å²) in [4.78, 5) is 23.4. The van der Waals surface area contributed by atoms with Crippen molar-refractivity contribution in [3.63, 3.8) is 0 Å². The van der Waals surface area contributed by atoms with Gasteiger partial charge < -0.3 is 14.9 Å². The smallest absolute Gasteiger partial charge is 0.323 e. The van der Waals surface area contributed by atoms with Crippen molar-refractivity contribution in [3.05, 3.63) is 30.5 Å². The van der Waals surface area contributed by atoms with Crippen LogP contribution in [-0.4, -0.2) is 59.7 Å². The lowest BCUT2D eigenvalue weighted by Gasteiger charge is -2.22. The Labute approximate surface area is 117 Å². The van der Waals surface area contributed by atoms with E-state index in [1.165, 1.54) is 0 Å². The molecule has 0 saturated heterocycles. The van der Waals surface area contributed by atoms with Crippen molar-refractivity contribution in [1.82, 2.24) is 14.9 Å². The zero-order valence-electron chi connectivity index (χ0n) is 11.7. The molecule has 0 spiro atoms. The molecule has 1 aromatic carbocycles. The molecule has 0 amide bonds. The molecular weight excluding hydrogens is 256 g/mol. The highest BCUT2D eigenvalue weighted by atomic mass is 16.4. The highest BCUT2D eigenvalue weighted by molar-refractivity contribution is 5.79. The third kappa shape index (κ3) is 3.64. The van der Waals surface area contributed by atoms with E-state index in [0.29, 0.717) is 12.5 Å². The van der Waals surface area contributed by atoms with Crippen LogP contribution >= 0.6 is 0 Å². The summed E-state index contributed by atoms with van der Waals surface area (Å²) in [6.45, 7) is 1.20. The van der Waals surface area contributed by atoms with E-state index in [1.54, 1.807) is 11.1 Å². The number of anilines is 1. The van der Waals surface area contributed by atoms with Gasteiger partial charge in [-0.15, -0.1) is 0 Å². The summed E-state index contributed by atoms with van der Waals surface area (Å²) in [5.41, 5.74) is 0.817. The van der Waals surface area contributed by atoms with Gasteiger partial charge in [-0.25, -0.2) is 9.97 Å². The van der Waals surface area contributed by atoms with Gasteiger partial charge >= 0.3 is 5.97 Å². The average molecular weight is 274 g/mol. The fourth-order valence-electron chi connectivity index (χ4n) is 1.85. The zero-order valence-corrected chi connectivity index (χ0v) is 11.7. The third-order valence-electron chi connectivity index (χ3n) is 2.90. The molecule has 0 aliphatic heterocycles. The number of aliphatic carboxylic acids is 1. The van der Waals surface area contributed by atoms with Crippen molar-refractivity contribution in [3.8, 4) is 0 Å². The molecule has 0 atom stereocenters. The summed E-state index contributed by atoms with van der Waals surface area (Å²) in [5.74, 6) is -0.437. The number of nitrogens with zero attached hydrogens (tertiary/aromatic N) is 4. The zero-order chi connectivity index (χ0) is 14.5. The van der Waals surface area contributed by atoms with Crippen molar-refractivity contribution >= 4 is 22.8 Å². The van der Waals surface area contributed by atoms with Crippen molar-refractivity contribution in [2.75, 3.05) is 38.6 Å². The predicted molar refractivity (Wildman–Crippen MR) is 77.9 cm³/mol. The van der Waals surface area contributed by atoms with Crippen LogP contribution in [0.4, 0.5) is 5.95 Å². The lowest BCUT2D eigenvalue weighted by atomic mass is 10.2. The van der Waals surface area contributed by atoms with Crippen LogP contribution in [0.15, 0.2) is 30.5 Å². The minimum absolute atomic E-state index is 0.105. The maximum absolute atomic E-state index is 11.0. The van der Waals surface area contributed by atoms with Crippen LogP contribution in [0.25, 0.3) is 10.9 Å². The molecule has 0 fully saturated rings. The van der Waals surface area contributed by atoms with E-state index in [1.807, 2.05) is 43.3 Å². The quantitative estimate of drug-likeness (QED) is 0.850. The Kier molecular flexibility index (Phi) is 4.47. The molecule has 0 bridgehead atoms. The number of para-hydroxylation sites is 1. The van der Waals surface area contributed by atoms with E-state index in [-0.39, 0.29) is 6.54 Å². The normalized spacial score (nSPS) is 10.9. The summed E-state index contributed by atoms with van der Waals surface area (Å²) in [5, 5.41) is 9.96. The van der Waals surface area contributed by atoms with Crippen molar-refractivity contribution in [2.24, 2.45) is 0 Å².